The van der Waals surface area contributed by atoms with E-state index in [0.717, 1.165) is 0 Å². The monoisotopic (exact) mass is 237 g/mol. The Labute approximate surface area is 91.8 Å². The van der Waals surface area contributed by atoms with E-state index in [0.29, 0.717) is 5.56 Å². The summed E-state index contributed by atoms with van der Waals surface area (Å²) in [6.07, 6.45) is 0. The van der Waals surface area contributed by atoms with Crippen molar-refractivity contribution in [2.75, 3.05) is 0 Å². The summed E-state index contributed by atoms with van der Waals surface area (Å²) in [5, 5.41) is 0. The zero-order valence-corrected chi connectivity index (χ0v) is 8.85. The number of benzene rings is 1. The minimum atomic E-state index is -0.750. The van der Waals surface area contributed by atoms with Gasteiger partial charge in [-0.15, -0.1) is 0 Å². The van der Waals surface area contributed by atoms with E-state index >= 15 is 0 Å². The highest BCUT2D eigenvalue weighted by molar-refractivity contribution is 7.54. The number of primary amides is 1. The second-order valence-electron chi connectivity index (χ2n) is 1.98. The van der Waals surface area contributed by atoms with Crippen LogP contribution in [-0.2, 0) is 0 Å². The standard InChI is InChI=1S/C7H7NO.BCl3/c8-7(9)6-4-2-1-3-5-6;2-1(3)4/h1-5H,(H2,8,9);. The molecule has 0 aliphatic carbocycles. The molecule has 0 unspecified atom stereocenters. The van der Waals surface area contributed by atoms with E-state index in [1.807, 2.05) is 6.07 Å². The van der Waals surface area contributed by atoms with E-state index in [-0.39, 0.29) is 5.91 Å². The zero-order chi connectivity index (χ0) is 10.3. The van der Waals surface area contributed by atoms with Crippen LogP contribution in [0, 0.1) is 0 Å². The van der Waals surface area contributed by atoms with Gasteiger partial charge in [-0.1, -0.05) is 18.2 Å². The van der Waals surface area contributed by atoms with Crippen LogP contribution in [0.15, 0.2) is 30.3 Å². The summed E-state index contributed by atoms with van der Waals surface area (Å²) < 4.78 is 0. The smallest absolute Gasteiger partial charge is 0.366 e. The van der Waals surface area contributed by atoms with Crippen molar-refractivity contribution >= 4 is 45.2 Å². The van der Waals surface area contributed by atoms with Crippen molar-refractivity contribution in [2.45, 2.75) is 0 Å². The number of rotatable bonds is 1. The van der Waals surface area contributed by atoms with Gasteiger partial charge in [0.15, 0.2) is 0 Å². The number of nitrogens with two attached hydrogens (primary N) is 1. The molecule has 13 heavy (non-hydrogen) atoms. The Morgan fingerprint density at radius 3 is 1.77 bits per heavy atom. The summed E-state index contributed by atoms with van der Waals surface area (Å²) in [5.41, 5.74) is 5.53. The Morgan fingerprint density at radius 1 is 1.15 bits per heavy atom. The molecule has 0 saturated carbocycles. The van der Waals surface area contributed by atoms with E-state index in [1.165, 1.54) is 0 Å². The van der Waals surface area contributed by atoms with Crippen molar-refractivity contribution in [3.63, 3.8) is 0 Å². The maximum absolute atomic E-state index is 10.4. The average Bonchev–Trinajstić information content (AvgIpc) is 2.05. The molecular formula is C7H7BCl3NO. The molecule has 70 valence electrons. The fourth-order valence-electron chi connectivity index (χ4n) is 0.602. The number of halogens is 3. The highest BCUT2D eigenvalue weighted by Crippen LogP contribution is 1.97. The first kappa shape index (κ1) is 12.6. The Morgan fingerprint density at radius 2 is 1.54 bits per heavy atom. The first-order valence-corrected chi connectivity index (χ1v) is 4.62. The van der Waals surface area contributed by atoms with Gasteiger partial charge in [0.1, 0.15) is 0 Å². The molecule has 1 amide bonds. The van der Waals surface area contributed by atoms with E-state index in [9.17, 15) is 4.79 Å². The van der Waals surface area contributed by atoms with E-state index in [1.54, 1.807) is 24.3 Å². The fraction of sp³-hybridized carbons (Fsp3) is 0. The third kappa shape index (κ3) is 7.97. The Kier molecular flexibility index (Phi) is 6.87. The molecule has 0 aliphatic rings. The van der Waals surface area contributed by atoms with E-state index in [4.69, 9.17) is 40.1 Å². The molecular weight excluding hydrogens is 231 g/mol. The number of amides is 1. The first-order valence-electron chi connectivity index (χ1n) is 3.31. The molecule has 0 saturated heterocycles. The first-order chi connectivity index (χ1) is 6.04. The van der Waals surface area contributed by atoms with Gasteiger partial charge in [-0.05, 0) is 12.1 Å². The molecule has 1 aromatic carbocycles. The molecule has 0 spiro atoms. The van der Waals surface area contributed by atoms with Crippen molar-refractivity contribution in [1.29, 1.82) is 0 Å². The number of hydrogen-bond acceptors (Lipinski definition) is 1. The van der Waals surface area contributed by atoms with Gasteiger partial charge in [-0.3, -0.25) is 4.79 Å². The summed E-state index contributed by atoms with van der Waals surface area (Å²) in [7, 11) is 0. The van der Waals surface area contributed by atoms with Crippen LogP contribution >= 0.6 is 34.4 Å². The minimum Gasteiger partial charge on any atom is -0.366 e. The second-order valence-corrected chi connectivity index (χ2v) is 3.96. The van der Waals surface area contributed by atoms with Crippen LogP contribution in [0.5, 0.6) is 0 Å². The molecule has 0 radical (unpaired) electrons. The summed E-state index contributed by atoms with van der Waals surface area (Å²) in [6.45, 7) is 0. The maximum Gasteiger partial charge on any atom is 0.450 e. The van der Waals surface area contributed by atoms with Crippen LogP contribution in [0.3, 0.4) is 0 Å². The van der Waals surface area contributed by atoms with Gasteiger partial charge in [0.2, 0.25) is 5.91 Å². The van der Waals surface area contributed by atoms with Gasteiger partial charge in [0.05, 0.1) is 0 Å². The summed E-state index contributed by atoms with van der Waals surface area (Å²) in [6, 6.07) is 8.76. The summed E-state index contributed by atoms with van der Waals surface area (Å²) >= 11 is 14.4. The SMILES string of the molecule is ClB(Cl)Cl.NC(=O)c1ccccc1. The van der Waals surface area contributed by atoms with E-state index < -0.39 is 4.96 Å². The van der Waals surface area contributed by atoms with Crippen LogP contribution in [0.1, 0.15) is 10.4 Å². The fourth-order valence-corrected chi connectivity index (χ4v) is 0.602. The Balaban J connectivity index is 0.000000310. The highest BCUT2D eigenvalue weighted by Gasteiger charge is 1.93. The molecule has 0 heterocycles. The molecule has 6 heteroatoms. The van der Waals surface area contributed by atoms with Crippen molar-refractivity contribution in [3.05, 3.63) is 35.9 Å². The van der Waals surface area contributed by atoms with Crippen LogP contribution in [0.2, 0.25) is 0 Å². The van der Waals surface area contributed by atoms with Gasteiger partial charge >= 0.3 is 4.96 Å². The molecule has 1 rings (SSSR count). The lowest BCUT2D eigenvalue weighted by atomic mass is 10.2. The predicted octanol–water partition coefficient (Wildman–Crippen LogP) is 2.47. The number of hydrogen-bond donors (Lipinski definition) is 1. The number of carbonyl (C=O) groups is 1. The lowest BCUT2D eigenvalue weighted by molar-refractivity contribution is 0.100. The van der Waals surface area contributed by atoms with Crippen molar-refractivity contribution in [3.8, 4) is 0 Å². The summed E-state index contributed by atoms with van der Waals surface area (Å²) in [4.78, 5) is 9.67. The largest absolute Gasteiger partial charge is 0.450 e. The molecule has 2 nitrogen and oxygen atoms in total. The molecule has 0 fully saturated rings. The average molecular weight is 238 g/mol. The lowest BCUT2D eigenvalue weighted by Crippen LogP contribution is -2.09. The highest BCUT2D eigenvalue weighted by atomic mass is 35.6. The normalized spacial score (nSPS) is 8.23. The van der Waals surface area contributed by atoms with Crippen LogP contribution in [-0.4, -0.2) is 10.9 Å². The topological polar surface area (TPSA) is 43.1 Å². The lowest BCUT2D eigenvalue weighted by Gasteiger charge is -1.89. The maximum atomic E-state index is 10.4. The minimum absolute atomic E-state index is 0.379. The molecule has 0 aliphatic heterocycles. The van der Waals surface area contributed by atoms with Crippen LogP contribution in [0.4, 0.5) is 0 Å². The quantitative estimate of drug-likeness (QED) is 0.750. The van der Waals surface area contributed by atoms with Gasteiger partial charge in [0.25, 0.3) is 0 Å². The third-order valence-corrected chi connectivity index (χ3v) is 1.06. The zero-order valence-electron chi connectivity index (χ0n) is 6.58. The van der Waals surface area contributed by atoms with Crippen LogP contribution in [0.25, 0.3) is 0 Å². The van der Waals surface area contributed by atoms with Crippen molar-refractivity contribution in [1.82, 2.24) is 0 Å². The molecule has 2 N–H and O–H groups in total. The van der Waals surface area contributed by atoms with Crippen molar-refractivity contribution < 1.29 is 4.79 Å². The molecule has 0 aromatic heterocycles. The van der Waals surface area contributed by atoms with Gasteiger partial charge in [-0.2, -0.15) is 34.4 Å². The van der Waals surface area contributed by atoms with Gasteiger partial charge in [0, 0.05) is 5.56 Å². The van der Waals surface area contributed by atoms with Gasteiger partial charge < -0.3 is 5.73 Å². The second kappa shape index (κ2) is 7.07. The van der Waals surface area contributed by atoms with Crippen molar-refractivity contribution in [2.24, 2.45) is 5.73 Å². The predicted molar refractivity (Wildman–Crippen MR) is 58.3 cm³/mol. The molecule has 1 aromatic rings. The molecule has 0 atom stereocenters. The van der Waals surface area contributed by atoms with E-state index in [2.05, 4.69) is 0 Å². The Bertz CT molecular complexity index is 252. The summed E-state index contributed by atoms with van der Waals surface area (Å²) in [5.74, 6) is -0.379. The van der Waals surface area contributed by atoms with Crippen LogP contribution < -0.4 is 5.73 Å². The Hall–Kier alpha value is -0.375. The van der Waals surface area contributed by atoms with Gasteiger partial charge in [-0.25, -0.2) is 0 Å². The third-order valence-electron chi connectivity index (χ3n) is 1.06. The molecule has 0 bridgehead atoms. The number of carbonyl (C=O) groups excluding carboxylic acids is 1.